The zero-order valence-electron chi connectivity index (χ0n) is 8.79. The van der Waals surface area contributed by atoms with Crippen molar-refractivity contribution in [1.82, 2.24) is 4.90 Å². The van der Waals surface area contributed by atoms with Crippen LogP contribution >= 0.6 is 0 Å². The lowest BCUT2D eigenvalue weighted by Gasteiger charge is -2.30. The summed E-state index contributed by atoms with van der Waals surface area (Å²) in [4.78, 5) is 2.34. The lowest BCUT2D eigenvalue weighted by atomic mass is 10.1. The van der Waals surface area contributed by atoms with Crippen molar-refractivity contribution in [2.45, 2.75) is 32.9 Å². The van der Waals surface area contributed by atoms with Crippen LogP contribution < -0.4 is 0 Å². The molecule has 2 nitrogen and oxygen atoms in total. The number of hydrogen-bond donors (Lipinski definition) is 0. The highest BCUT2D eigenvalue weighted by atomic mass is 16.5. The number of terminal acetylenes is 1. The molecule has 0 aliphatic carbocycles. The van der Waals surface area contributed by atoms with Crippen LogP contribution in [0.3, 0.4) is 0 Å². The SMILES string of the molecule is C#C[C@H]1COC[C@@H](C)CN1C(C)C. The quantitative estimate of drug-likeness (QED) is 0.566. The smallest absolute Gasteiger partial charge is 0.0951 e. The summed E-state index contributed by atoms with van der Waals surface area (Å²) >= 11 is 0. The monoisotopic (exact) mass is 181 g/mol. The van der Waals surface area contributed by atoms with Gasteiger partial charge in [0.2, 0.25) is 0 Å². The van der Waals surface area contributed by atoms with Crippen molar-refractivity contribution in [3.8, 4) is 12.3 Å². The van der Waals surface area contributed by atoms with Crippen LogP contribution in [0.2, 0.25) is 0 Å². The van der Waals surface area contributed by atoms with Crippen LogP contribution in [0, 0.1) is 18.3 Å². The van der Waals surface area contributed by atoms with Crippen molar-refractivity contribution >= 4 is 0 Å². The van der Waals surface area contributed by atoms with Gasteiger partial charge in [0.1, 0.15) is 0 Å². The molecule has 0 bridgehead atoms. The van der Waals surface area contributed by atoms with Gasteiger partial charge in [-0.2, -0.15) is 0 Å². The van der Waals surface area contributed by atoms with Crippen molar-refractivity contribution in [3.63, 3.8) is 0 Å². The first kappa shape index (κ1) is 10.6. The molecule has 1 heterocycles. The highest BCUT2D eigenvalue weighted by Crippen LogP contribution is 2.14. The molecule has 2 heteroatoms. The molecule has 0 amide bonds. The second-order valence-corrected chi connectivity index (χ2v) is 4.12. The van der Waals surface area contributed by atoms with E-state index in [9.17, 15) is 0 Å². The van der Waals surface area contributed by atoms with E-state index in [1.165, 1.54) is 0 Å². The lowest BCUT2D eigenvalue weighted by molar-refractivity contribution is 0.107. The maximum Gasteiger partial charge on any atom is 0.0951 e. The molecule has 0 aromatic rings. The summed E-state index contributed by atoms with van der Waals surface area (Å²) in [7, 11) is 0. The zero-order chi connectivity index (χ0) is 9.84. The van der Waals surface area contributed by atoms with Gasteiger partial charge in [-0.25, -0.2) is 0 Å². The molecule has 13 heavy (non-hydrogen) atoms. The van der Waals surface area contributed by atoms with Gasteiger partial charge in [-0.1, -0.05) is 12.8 Å². The van der Waals surface area contributed by atoms with E-state index < -0.39 is 0 Å². The van der Waals surface area contributed by atoms with Crippen molar-refractivity contribution in [2.75, 3.05) is 19.8 Å². The Bertz CT molecular complexity index is 195. The highest BCUT2D eigenvalue weighted by molar-refractivity contribution is 5.01. The van der Waals surface area contributed by atoms with Crippen LogP contribution in [0.1, 0.15) is 20.8 Å². The summed E-state index contributed by atoms with van der Waals surface area (Å²) in [5.74, 6) is 3.38. The summed E-state index contributed by atoms with van der Waals surface area (Å²) < 4.78 is 5.51. The van der Waals surface area contributed by atoms with Crippen molar-refractivity contribution in [1.29, 1.82) is 0 Å². The Hall–Kier alpha value is -0.520. The van der Waals surface area contributed by atoms with Crippen molar-refractivity contribution < 1.29 is 4.74 Å². The average molecular weight is 181 g/mol. The molecule has 1 aliphatic heterocycles. The van der Waals surface area contributed by atoms with Crippen molar-refractivity contribution in [2.24, 2.45) is 5.92 Å². The Morgan fingerprint density at radius 2 is 2.15 bits per heavy atom. The molecule has 1 saturated heterocycles. The molecular formula is C11H19NO. The lowest BCUT2D eigenvalue weighted by Crippen LogP contribution is -2.42. The molecule has 1 rings (SSSR count). The van der Waals surface area contributed by atoms with E-state index in [1.807, 2.05) is 0 Å². The second kappa shape index (κ2) is 4.64. The molecule has 1 aliphatic rings. The van der Waals surface area contributed by atoms with Gasteiger partial charge in [0, 0.05) is 12.6 Å². The first-order valence-electron chi connectivity index (χ1n) is 4.94. The molecule has 74 valence electrons. The van der Waals surface area contributed by atoms with Crippen molar-refractivity contribution in [3.05, 3.63) is 0 Å². The average Bonchev–Trinajstić information content (AvgIpc) is 2.26. The topological polar surface area (TPSA) is 12.5 Å². The molecule has 0 aromatic heterocycles. The Balaban J connectivity index is 2.67. The largest absolute Gasteiger partial charge is 0.378 e. The second-order valence-electron chi connectivity index (χ2n) is 4.12. The van der Waals surface area contributed by atoms with E-state index in [4.69, 9.17) is 11.2 Å². The van der Waals surface area contributed by atoms with Crippen LogP contribution in [0.25, 0.3) is 0 Å². The molecule has 0 radical (unpaired) electrons. The third-order valence-corrected chi connectivity index (χ3v) is 2.46. The van der Waals surface area contributed by atoms with E-state index >= 15 is 0 Å². The Morgan fingerprint density at radius 3 is 2.69 bits per heavy atom. The number of rotatable bonds is 1. The van der Waals surface area contributed by atoms with Gasteiger partial charge in [-0.3, -0.25) is 4.90 Å². The Morgan fingerprint density at radius 1 is 1.46 bits per heavy atom. The molecule has 0 aromatic carbocycles. The maximum atomic E-state index is 5.51. The molecule has 0 N–H and O–H groups in total. The third kappa shape index (κ3) is 2.72. The summed E-state index contributed by atoms with van der Waals surface area (Å²) in [6, 6.07) is 0.662. The maximum absolute atomic E-state index is 5.51. The minimum absolute atomic E-state index is 0.157. The molecule has 0 unspecified atom stereocenters. The summed E-state index contributed by atoms with van der Waals surface area (Å²) in [5.41, 5.74) is 0. The van der Waals surface area contributed by atoms with Gasteiger partial charge >= 0.3 is 0 Å². The first-order chi connectivity index (χ1) is 6.15. The van der Waals surface area contributed by atoms with Gasteiger partial charge in [-0.15, -0.1) is 6.42 Å². The molecule has 0 saturated carbocycles. The van der Waals surface area contributed by atoms with Crippen LogP contribution in [0.4, 0.5) is 0 Å². The zero-order valence-corrected chi connectivity index (χ0v) is 8.79. The summed E-state index contributed by atoms with van der Waals surface area (Å²) in [5, 5.41) is 0. The van der Waals surface area contributed by atoms with E-state index in [2.05, 4.69) is 31.6 Å². The third-order valence-electron chi connectivity index (χ3n) is 2.46. The number of hydrogen-bond acceptors (Lipinski definition) is 2. The van der Waals surface area contributed by atoms with Gasteiger partial charge in [0.15, 0.2) is 0 Å². The minimum Gasteiger partial charge on any atom is -0.378 e. The van der Waals surface area contributed by atoms with E-state index in [1.54, 1.807) is 0 Å². The Labute approximate surface area is 81.3 Å². The number of ether oxygens (including phenoxy) is 1. The fraction of sp³-hybridized carbons (Fsp3) is 0.818. The van der Waals surface area contributed by atoms with Gasteiger partial charge in [0.25, 0.3) is 0 Å². The van der Waals surface area contributed by atoms with Gasteiger partial charge in [-0.05, 0) is 19.8 Å². The van der Waals surface area contributed by atoms with Gasteiger partial charge in [0.05, 0.1) is 19.3 Å². The number of nitrogens with zero attached hydrogens (tertiary/aromatic N) is 1. The minimum atomic E-state index is 0.157. The fourth-order valence-corrected chi connectivity index (χ4v) is 1.73. The van der Waals surface area contributed by atoms with Gasteiger partial charge < -0.3 is 4.74 Å². The molecule has 2 atom stereocenters. The predicted molar refractivity (Wildman–Crippen MR) is 54.4 cm³/mol. The van der Waals surface area contributed by atoms with Crippen LogP contribution in [0.5, 0.6) is 0 Å². The fourth-order valence-electron chi connectivity index (χ4n) is 1.73. The van der Waals surface area contributed by atoms with Crippen LogP contribution in [-0.2, 0) is 4.74 Å². The normalized spacial score (nSPS) is 31.3. The van der Waals surface area contributed by atoms with E-state index in [-0.39, 0.29) is 6.04 Å². The standard InChI is InChI=1S/C11H19NO/c1-5-11-8-13-7-10(4)6-12(11)9(2)3/h1,9-11H,6-8H2,2-4H3/t10-,11-/m0/s1. The summed E-state index contributed by atoms with van der Waals surface area (Å²) in [6.07, 6.45) is 5.47. The first-order valence-corrected chi connectivity index (χ1v) is 4.94. The van der Waals surface area contributed by atoms with Crippen LogP contribution in [0.15, 0.2) is 0 Å². The predicted octanol–water partition coefficient (Wildman–Crippen LogP) is 1.36. The molecule has 0 spiro atoms. The molecule has 1 fully saturated rings. The Kier molecular flexibility index (Phi) is 3.77. The van der Waals surface area contributed by atoms with E-state index in [0.29, 0.717) is 18.6 Å². The van der Waals surface area contributed by atoms with E-state index in [0.717, 1.165) is 13.2 Å². The highest BCUT2D eigenvalue weighted by Gasteiger charge is 2.24. The summed E-state index contributed by atoms with van der Waals surface area (Å²) in [6.45, 7) is 9.13. The van der Waals surface area contributed by atoms with Crippen LogP contribution in [-0.4, -0.2) is 36.7 Å². The molecular weight excluding hydrogens is 162 g/mol.